The third kappa shape index (κ3) is 5.15. The standard InChI is InChI=1S/C36H43N5O3/c1-7-41-32(21-42)33(23(4)37-41)27-17-26-18-28(44-6)14-16-29(26)35-34(24-11-9-8-10-12-24)30-15-13-25(19-31(30)40(35)20-27)36(43)38-39(5)22(2)3/h13-19,21-22,24H,7-12,20H2,1-6H3,(H,38,43). The van der Waals surface area contributed by atoms with Crippen molar-refractivity contribution in [2.45, 2.75) is 84.8 Å². The molecular formula is C36H43N5O3. The summed E-state index contributed by atoms with van der Waals surface area (Å²) in [6.07, 6.45) is 9.13. The highest BCUT2D eigenvalue weighted by atomic mass is 16.5. The van der Waals surface area contributed by atoms with Crippen molar-refractivity contribution in [1.29, 1.82) is 0 Å². The molecule has 1 fully saturated rings. The molecule has 6 rings (SSSR count). The van der Waals surface area contributed by atoms with Gasteiger partial charge < -0.3 is 9.30 Å². The molecule has 1 N–H and O–H groups in total. The van der Waals surface area contributed by atoms with E-state index in [4.69, 9.17) is 9.84 Å². The first kappa shape index (κ1) is 29.9. The number of hydrogen-bond acceptors (Lipinski definition) is 5. The Labute approximate surface area is 259 Å². The lowest BCUT2D eigenvalue weighted by atomic mass is 9.81. The van der Waals surface area contributed by atoms with Gasteiger partial charge in [0.15, 0.2) is 6.29 Å². The van der Waals surface area contributed by atoms with Crippen molar-refractivity contribution in [1.82, 2.24) is 24.8 Å². The monoisotopic (exact) mass is 593 g/mol. The molecule has 1 saturated carbocycles. The summed E-state index contributed by atoms with van der Waals surface area (Å²) in [6, 6.07) is 12.6. The first-order chi connectivity index (χ1) is 21.2. The van der Waals surface area contributed by atoms with E-state index in [2.05, 4.69) is 34.3 Å². The Morgan fingerprint density at radius 3 is 2.61 bits per heavy atom. The van der Waals surface area contributed by atoms with Crippen molar-refractivity contribution in [3.63, 3.8) is 0 Å². The topological polar surface area (TPSA) is 81.4 Å². The summed E-state index contributed by atoms with van der Waals surface area (Å²) in [5.41, 5.74) is 12.7. The third-order valence-electron chi connectivity index (χ3n) is 9.50. The highest BCUT2D eigenvalue weighted by Gasteiger charge is 2.31. The van der Waals surface area contributed by atoms with Crippen LogP contribution in [0, 0.1) is 6.92 Å². The molecule has 1 amide bonds. The number of carbonyl (C=O) groups excluding carboxylic acids is 2. The molecule has 1 aliphatic heterocycles. The van der Waals surface area contributed by atoms with Gasteiger partial charge in [-0.2, -0.15) is 5.10 Å². The second-order valence-electron chi connectivity index (χ2n) is 12.5. The van der Waals surface area contributed by atoms with Crippen molar-refractivity contribution in [3.05, 3.63) is 70.0 Å². The first-order valence-corrected chi connectivity index (χ1v) is 15.9. The fraction of sp³-hybridized carbons (Fsp3) is 0.417. The van der Waals surface area contributed by atoms with E-state index in [0.717, 1.165) is 58.4 Å². The fourth-order valence-electron chi connectivity index (χ4n) is 7.05. The van der Waals surface area contributed by atoms with Gasteiger partial charge in [-0.1, -0.05) is 25.3 Å². The molecule has 0 radical (unpaired) electrons. The summed E-state index contributed by atoms with van der Waals surface area (Å²) in [7, 11) is 3.58. The van der Waals surface area contributed by atoms with Gasteiger partial charge in [-0.25, -0.2) is 5.01 Å². The maximum Gasteiger partial charge on any atom is 0.265 e. The van der Waals surface area contributed by atoms with E-state index in [-0.39, 0.29) is 11.9 Å². The number of aldehydes is 1. The number of rotatable bonds is 8. The molecule has 0 spiro atoms. The molecule has 4 aromatic rings. The van der Waals surface area contributed by atoms with E-state index >= 15 is 0 Å². The molecule has 44 heavy (non-hydrogen) atoms. The van der Waals surface area contributed by atoms with Crippen LogP contribution in [0.2, 0.25) is 0 Å². The summed E-state index contributed by atoms with van der Waals surface area (Å²) in [5, 5.41) is 7.75. The summed E-state index contributed by atoms with van der Waals surface area (Å²) in [4.78, 5) is 25.9. The van der Waals surface area contributed by atoms with Gasteiger partial charge in [-0.05, 0) is 99.6 Å². The fourth-order valence-corrected chi connectivity index (χ4v) is 7.05. The van der Waals surface area contributed by atoms with Crippen molar-refractivity contribution in [2.75, 3.05) is 14.2 Å². The average molecular weight is 594 g/mol. The molecule has 2 aromatic heterocycles. The van der Waals surface area contributed by atoms with Gasteiger partial charge in [0.2, 0.25) is 0 Å². The van der Waals surface area contributed by atoms with Gasteiger partial charge in [0, 0.05) is 53.8 Å². The number of benzene rings is 2. The van der Waals surface area contributed by atoms with Crippen molar-refractivity contribution >= 4 is 34.7 Å². The zero-order valence-electron chi connectivity index (χ0n) is 26.7. The Hall–Kier alpha value is -4.17. The number of carbonyl (C=O) groups is 2. The van der Waals surface area contributed by atoms with Crippen LogP contribution < -0.4 is 10.2 Å². The summed E-state index contributed by atoms with van der Waals surface area (Å²) >= 11 is 0. The van der Waals surface area contributed by atoms with Crippen LogP contribution in [0.25, 0.3) is 33.8 Å². The minimum Gasteiger partial charge on any atom is -0.497 e. The quantitative estimate of drug-likeness (QED) is 0.172. The molecule has 2 aromatic carbocycles. The van der Waals surface area contributed by atoms with Crippen LogP contribution in [0.5, 0.6) is 5.75 Å². The van der Waals surface area contributed by atoms with E-state index < -0.39 is 0 Å². The zero-order chi connectivity index (χ0) is 31.1. The second-order valence-corrected chi connectivity index (χ2v) is 12.5. The van der Waals surface area contributed by atoms with Crippen molar-refractivity contribution in [2.24, 2.45) is 0 Å². The molecule has 230 valence electrons. The maximum atomic E-state index is 13.4. The Morgan fingerprint density at radius 2 is 1.93 bits per heavy atom. The van der Waals surface area contributed by atoms with Crippen LogP contribution in [-0.2, 0) is 13.1 Å². The average Bonchev–Trinajstić information content (AvgIpc) is 3.47. The predicted octanol–water partition coefficient (Wildman–Crippen LogP) is 7.24. The van der Waals surface area contributed by atoms with Gasteiger partial charge in [-0.15, -0.1) is 0 Å². The van der Waals surface area contributed by atoms with E-state index in [1.165, 1.54) is 35.9 Å². The van der Waals surface area contributed by atoms with Gasteiger partial charge >= 0.3 is 0 Å². The molecule has 8 heteroatoms. The molecular weight excluding hydrogens is 550 g/mol. The Bertz CT molecular complexity index is 1770. The molecule has 0 bridgehead atoms. The molecule has 0 atom stereocenters. The lowest BCUT2D eigenvalue weighted by Crippen LogP contribution is -2.43. The number of hydrogen-bond donors (Lipinski definition) is 1. The summed E-state index contributed by atoms with van der Waals surface area (Å²) in [5.74, 6) is 1.09. The Morgan fingerprint density at radius 1 is 1.16 bits per heavy atom. The van der Waals surface area contributed by atoms with Crippen LogP contribution >= 0.6 is 0 Å². The summed E-state index contributed by atoms with van der Waals surface area (Å²) < 4.78 is 9.84. The largest absolute Gasteiger partial charge is 0.497 e. The van der Waals surface area contributed by atoms with Crippen LogP contribution in [-0.4, -0.2) is 51.7 Å². The smallest absolute Gasteiger partial charge is 0.265 e. The highest BCUT2D eigenvalue weighted by Crippen LogP contribution is 2.48. The van der Waals surface area contributed by atoms with E-state index in [9.17, 15) is 9.59 Å². The van der Waals surface area contributed by atoms with Crippen molar-refractivity contribution < 1.29 is 14.3 Å². The van der Waals surface area contributed by atoms with Crippen LogP contribution in [0.4, 0.5) is 0 Å². The minimum absolute atomic E-state index is 0.129. The van der Waals surface area contributed by atoms with Gasteiger partial charge in [0.1, 0.15) is 11.4 Å². The number of nitrogens with zero attached hydrogens (tertiary/aromatic N) is 4. The van der Waals surface area contributed by atoms with E-state index in [1.54, 1.807) is 11.8 Å². The Balaban J connectivity index is 1.63. The number of hydrazine groups is 1. The number of methoxy groups -OCH3 is 1. The van der Waals surface area contributed by atoms with Crippen LogP contribution in [0.3, 0.4) is 0 Å². The minimum atomic E-state index is -0.129. The SMILES string of the molecule is CCn1nc(C)c(C2=Cc3cc(OC)ccc3-c3c(C4CCCCC4)c4ccc(C(=O)NN(C)C(C)C)cc4n3C2)c1C=O. The number of ether oxygens (including phenoxy) is 1. The van der Waals surface area contributed by atoms with Crippen molar-refractivity contribution in [3.8, 4) is 17.0 Å². The lowest BCUT2D eigenvalue weighted by molar-refractivity contribution is 0.0785. The summed E-state index contributed by atoms with van der Waals surface area (Å²) in [6.45, 7) is 9.22. The molecule has 1 aliphatic carbocycles. The number of nitrogens with one attached hydrogen (secondary N) is 1. The molecule has 0 unspecified atom stereocenters. The predicted molar refractivity (Wildman–Crippen MR) is 176 cm³/mol. The molecule has 3 heterocycles. The van der Waals surface area contributed by atoms with E-state index in [1.807, 2.05) is 58.0 Å². The number of aromatic nitrogens is 3. The van der Waals surface area contributed by atoms with Crippen LogP contribution in [0.1, 0.15) is 102 Å². The lowest BCUT2D eigenvalue weighted by Gasteiger charge is -2.24. The van der Waals surface area contributed by atoms with Gasteiger partial charge in [0.25, 0.3) is 5.91 Å². The second kappa shape index (κ2) is 12.1. The first-order valence-electron chi connectivity index (χ1n) is 15.9. The number of allylic oxidation sites excluding steroid dienone is 1. The van der Waals surface area contributed by atoms with Crippen LogP contribution in [0.15, 0.2) is 36.4 Å². The number of amides is 1. The third-order valence-corrected chi connectivity index (χ3v) is 9.50. The normalized spacial score (nSPS) is 15.2. The molecule has 2 aliphatic rings. The Kier molecular flexibility index (Phi) is 8.20. The maximum absolute atomic E-state index is 13.4. The van der Waals surface area contributed by atoms with Gasteiger partial charge in [0.05, 0.1) is 18.5 Å². The number of aryl methyl sites for hydroxylation is 2. The van der Waals surface area contributed by atoms with E-state index in [0.29, 0.717) is 30.3 Å². The van der Waals surface area contributed by atoms with Gasteiger partial charge in [-0.3, -0.25) is 19.7 Å². The molecule has 8 nitrogen and oxygen atoms in total. The number of fused-ring (bicyclic) bond motifs is 5. The zero-order valence-corrected chi connectivity index (χ0v) is 26.7. The molecule has 0 saturated heterocycles. The highest BCUT2D eigenvalue weighted by molar-refractivity contribution is 6.03.